The largest absolute Gasteiger partial charge is 0.465 e. The highest BCUT2D eigenvalue weighted by Gasteiger charge is 2.38. The normalized spacial score (nSPS) is 19.4. The molecule has 1 unspecified atom stereocenters. The van der Waals surface area contributed by atoms with Crippen molar-refractivity contribution in [3.05, 3.63) is 40.6 Å². The van der Waals surface area contributed by atoms with Crippen LogP contribution in [0.4, 0.5) is 19.7 Å². The number of anilines is 1. The quantitative estimate of drug-likeness (QED) is 0.581. The van der Waals surface area contributed by atoms with E-state index in [0.29, 0.717) is 36.2 Å². The third-order valence-corrected chi connectivity index (χ3v) is 6.36. The van der Waals surface area contributed by atoms with E-state index in [0.717, 1.165) is 5.41 Å². The molecule has 0 aromatic heterocycles. The molecule has 2 rings (SSSR count). The summed E-state index contributed by atoms with van der Waals surface area (Å²) in [6.07, 6.45) is 1.23. The molecule has 0 bridgehead atoms. The van der Waals surface area contributed by atoms with Crippen molar-refractivity contribution in [2.75, 3.05) is 11.9 Å². The van der Waals surface area contributed by atoms with Gasteiger partial charge in [0.1, 0.15) is 5.82 Å². The molecule has 0 aliphatic carbocycles. The molecule has 1 fully saturated rings. The number of hydrogen-bond donors (Lipinski definition) is 3. The van der Waals surface area contributed by atoms with Crippen LogP contribution < -0.4 is 10.0 Å². The molecule has 0 spiro atoms. The second-order valence-electron chi connectivity index (χ2n) is 8.57. The third kappa shape index (κ3) is 5.96. The second kappa shape index (κ2) is 9.25. The number of carbonyl (C=O) groups is 2. The highest BCUT2D eigenvalue weighted by molar-refractivity contribution is 7.92. The van der Waals surface area contributed by atoms with E-state index in [-0.39, 0.29) is 11.8 Å². The average Bonchev–Trinajstić information content (AvgIpc) is 3.03. The van der Waals surface area contributed by atoms with Crippen molar-refractivity contribution in [3.8, 4) is 0 Å². The number of halogens is 1. The van der Waals surface area contributed by atoms with Crippen molar-refractivity contribution in [3.63, 3.8) is 0 Å². The molecule has 1 aromatic rings. The summed E-state index contributed by atoms with van der Waals surface area (Å²) in [5.41, 5.74) is 0.525. The molecule has 1 aliphatic heterocycles. The van der Waals surface area contributed by atoms with Crippen LogP contribution in [0.2, 0.25) is 0 Å². The molecule has 0 saturated carbocycles. The fraction of sp³-hybridized carbons (Fsp3) is 0.524. The van der Waals surface area contributed by atoms with E-state index in [9.17, 15) is 27.5 Å². The smallest absolute Gasteiger partial charge is 0.407 e. The fourth-order valence-corrected chi connectivity index (χ4v) is 4.57. The molecule has 1 heterocycles. The highest BCUT2D eigenvalue weighted by Crippen LogP contribution is 2.34. The lowest BCUT2D eigenvalue weighted by molar-refractivity contribution is 0.126. The first kappa shape index (κ1) is 24.6. The maximum atomic E-state index is 14.0. The number of urea groups is 1. The van der Waals surface area contributed by atoms with Gasteiger partial charge >= 0.3 is 12.1 Å². The minimum absolute atomic E-state index is 0.107. The van der Waals surface area contributed by atoms with Gasteiger partial charge in [0.25, 0.3) is 10.0 Å². The lowest BCUT2D eigenvalue weighted by Crippen LogP contribution is -2.43. The number of nitrogens with one attached hydrogen (secondary N) is 2. The number of hydrogen-bond acceptors (Lipinski definition) is 4. The van der Waals surface area contributed by atoms with Gasteiger partial charge in [-0.1, -0.05) is 27.7 Å². The van der Waals surface area contributed by atoms with Gasteiger partial charge in [-0.25, -0.2) is 27.1 Å². The van der Waals surface area contributed by atoms with Gasteiger partial charge in [0.05, 0.1) is 5.54 Å². The van der Waals surface area contributed by atoms with Crippen LogP contribution >= 0.6 is 0 Å². The summed E-state index contributed by atoms with van der Waals surface area (Å²) in [5.74, 6) is -0.643. The van der Waals surface area contributed by atoms with Crippen molar-refractivity contribution in [2.45, 2.75) is 64.8 Å². The molecule has 1 aromatic carbocycles. The first-order valence-electron chi connectivity index (χ1n) is 10.1. The topological polar surface area (TPSA) is 116 Å². The summed E-state index contributed by atoms with van der Waals surface area (Å²) < 4.78 is 40.8. The molecule has 1 atom stereocenters. The van der Waals surface area contributed by atoms with Gasteiger partial charge in [-0.3, -0.25) is 4.90 Å². The Morgan fingerprint density at radius 3 is 2.23 bits per heavy atom. The van der Waals surface area contributed by atoms with E-state index in [1.165, 1.54) is 23.1 Å². The summed E-state index contributed by atoms with van der Waals surface area (Å²) in [6, 6.07) is 1.66. The number of benzene rings is 1. The molecule has 31 heavy (non-hydrogen) atoms. The SMILES string of the molecule is CC(C)c1cc(F)cc(C(C)C)c1NC(=O)NS(=O)(=O)C=CC1(C)CCCN1C(=O)O. The number of carbonyl (C=O) groups excluding carboxylic acids is 1. The zero-order chi connectivity index (χ0) is 23.6. The zero-order valence-electron chi connectivity index (χ0n) is 18.4. The van der Waals surface area contributed by atoms with E-state index in [4.69, 9.17) is 0 Å². The van der Waals surface area contributed by atoms with Crippen LogP contribution in [0.15, 0.2) is 23.6 Å². The maximum absolute atomic E-state index is 14.0. The third-order valence-electron chi connectivity index (χ3n) is 5.40. The standard InChI is InChI=1S/C21H30FN3O5S/c1-13(2)16-11-15(22)12-17(14(3)4)18(16)23-19(26)24-31(29,30)10-8-21(5)7-6-9-25(21)20(27)28/h8,10-14H,6-7,9H2,1-5H3,(H,27,28)(H2,23,24,26). The van der Waals surface area contributed by atoms with Gasteiger partial charge in [-0.05, 0) is 60.9 Å². The second-order valence-corrected chi connectivity index (χ2v) is 10.1. The van der Waals surface area contributed by atoms with E-state index in [2.05, 4.69) is 5.32 Å². The van der Waals surface area contributed by atoms with Crippen LogP contribution in [0, 0.1) is 5.82 Å². The van der Waals surface area contributed by atoms with Crippen molar-refractivity contribution < 1.29 is 27.5 Å². The molecule has 3 amide bonds. The maximum Gasteiger partial charge on any atom is 0.407 e. The number of rotatable bonds is 6. The van der Waals surface area contributed by atoms with Crippen LogP contribution in [-0.4, -0.2) is 42.6 Å². The highest BCUT2D eigenvalue weighted by atomic mass is 32.2. The summed E-state index contributed by atoms with van der Waals surface area (Å²) >= 11 is 0. The molecule has 3 N–H and O–H groups in total. The molecule has 0 radical (unpaired) electrons. The summed E-state index contributed by atoms with van der Waals surface area (Å²) in [5, 5.41) is 12.7. The number of likely N-dealkylation sites (tertiary alicyclic amines) is 1. The first-order valence-corrected chi connectivity index (χ1v) is 11.7. The summed E-state index contributed by atoms with van der Waals surface area (Å²) in [7, 11) is -4.19. The van der Waals surface area contributed by atoms with Crippen molar-refractivity contribution >= 4 is 27.8 Å². The van der Waals surface area contributed by atoms with E-state index in [1.54, 1.807) is 6.92 Å². The number of nitrogens with zero attached hydrogens (tertiary/aromatic N) is 1. The Labute approximate surface area is 182 Å². The Hall–Kier alpha value is -2.62. The van der Waals surface area contributed by atoms with Crippen LogP contribution in [-0.2, 0) is 10.0 Å². The number of amides is 3. The van der Waals surface area contributed by atoms with Crippen LogP contribution in [0.1, 0.15) is 70.4 Å². The molecular formula is C21H30FN3O5S. The Morgan fingerprint density at radius 1 is 1.19 bits per heavy atom. The summed E-state index contributed by atoms with van der Waals surface area (Å²) in [6.45, 7) is 9.32. The lowest BCUT2D eigenvalue weighted by atomic mass is 9.92. The number of carboxylic acid groups (broad SMARTS) is 1. The van der Waals surface area contributed by atoms with Gasteiger partial charge in [0.15, 0.2) is 0 Å². The number of sulfonamides is 1. The Kier molecular flexibility index (Phi) is 7.36. The van der Waals surface area contributed by atoms with E-state index >= 15 is 0 Å². The molecule has 8 nitrogen and oxygen atoms in total. The Balaban J connectivity index is 2.23. The molecule has 1 saturated heterocycles. The van der Waals surface area contributed by atoms with Crippen molar-refractivity contribution in [1.82, 2.24) is 9.62 Å². The van der Waals surface area contributed by atoms with Gasteiger partial charge in [-0.2, -0.15) is 0 Å². The van der Waals surface area contributed by atoms with Crippen LogP contribution in [0.3, 0.4) is 0 Å². The molecule has 172 valence electrons. The van der Waals surface area contributed by atoms with Gasteiger partial charge in [0.2, 0.25) is 0 Å². The first-order chi connectivity index (χ1) is 14.3. The average molecular weight is 456 g/mol. The Morgan fingerprint density at radius 2 is 1.74 bits per heavy atom. The van der Waals surface area contributed by atoms with Crippen LogP contribution in [0.5, 0.6) is 0 Å². The predicted molar refractivity (Wildman–Crippen MR) is 117 cm³/mol. The minimum atomic E-state index is -4.19. The predicted octanol–water partition coefficient (Wildman–Crippen LogP) is 4.57. The molecular weight excluding hydrogens is 425 g/mol. The Bertz CT molecular complexity index is 962. The fourth-order valence-electron chi connectivity index (χ4n) is 3.72. The van der Waals surface area contributed by atoms with Gasteiger partial charge < -0.3 is 10.4 Å². The van der Waals surface area contributed by atoms with Gasteiger partial charge in [0, 0.05) is 17.6 Å². The van der Waals surface area contributed by atoms with Crippen LogP contribution in [0.25, 0.3) is 0 Å². The monoisotopic (exact) mass is 455 g/mol. The lowest BCUT2D eigenvalue weighted by Gasteiger charge is -2.29. The molecule has 1 aliphatic rings. The zero-order valence-corrected chi connectivity index (χ0v) is 19.2. The van der Waals surface area contributed by atoms with Gasteiger partial charge in [-0.15, -0.1) is 0 Å². The van der Waals surface area contributed by atoms with E-state index in [1.807, 2.05) is 32.4 Å². The van der Waals surface area contributed by atoms with Crippen molar-refractivity contribution in [1.29, 1.82) is 0 Å². The molecule has 10 heteroatoms. The minimum Gasteiger partial charge on any atom is -0.465 e. The van der Waals surface area contributed by atoms with Crippen molar-refractivity contribution in [2.24, 2.45) is 0 Å². The summed E-state index contributed by atoms with van der Waals surface area (Å²) in [4.78, 5) is 25.0. The van der Waals surface area contributed by atoms with E-state index < -0.39 is 33.5 Å².